The van der Waals surface area contributed by atoms with Gasteiger partial charge in [-0.15, -0.1) is 0 Å². The molecule has 0 radical (unpaired) electrons. The molecule has 0 spiro atoms. The predicted molar refractivity (Wildman–Crippen MR) is 115 cm³/mol. The van der Waals surface area contributed by atoms with Crippen LogP contribution in [0.25, 0.3) is 0 Å². The molecule has 0 aromatic heterocycles. The minimum atomic E-state index is -3.80. The molecule has 11 heteroatoms. The van der Waals surface area contributed by atoms with Crippen LogP contribution >= 0.6 is 23.2 Å². The van der Waals surface area contributed by atoms with Gasteiger partial charge >= 0.3 is 0 Å². The van der Waals surface area contributed by atoms with Gasteiger partial charge in [0.1, 0.15) is 11.9 Å². The number of fused-ring (bicyclic) bond motifs is 1. The number of sulfone groups is 1. The van der Waals surface area contributed by atoms with Gasteiger partial charge in [-0.2, -0.15) is 0 Å². The highest BCUT2D eigenvalue weighted by molar-refractivity contribution is 7.91. The van der Waals surface area contributed by atoms with E-state index >= 15 is 0 Å². The van der Waals surface area contributed by atoms with Crippen molar-refractivity contribution >= 4 is 43.1 Å². The van der Waals surface area contributed by atoms with E-state index in [9.17, 15) is 16.8 Å². The van der Waals surface area contributed by atoms with E-state index in [-0.39, 0.29) is 22.4 Å². The van der Waals surface area contributed by atoms with E-state index < -0.39 is 26.0 Å². The van der Waals surface area contributed by atoms with Crippen molar-refractivity contribution in [3.05, 3.63) is 57.6 Å². The smallest absolute Gasteiger partial charge is 0.238 e. The van der Waals surface area contributed by atoms with E-state index in [1.807, 2.05) is 6.07 Å². The van der Waals surface area contributed by atoms with Crippen LogP contribution in [0.5, 0.6) is 5.75 Å². The summed E-state index contributed by atoms with van der Waals surface area (Å²) in [6, 6.07) is 9.23. The van der Waals surface area contributed by atoms with Crippen LogP contribution in [0.2, 0.25) is 10.0 Å². The number of nitrogens with zero attached hydrogens (tertiary/aromatic N) is 1. The van der Waals surface area contributed by atoms with Gasteiger partial charge in [-0.1, -0.05) is 23.2 Å². The summed E-state index contributed by atoms with van der Waals surface area (Å²) in [5.74, 6) is 0.666. The summed E-state index contributed by atoms with van der Waals surface area (Å²) < 4.78 is 52.9. The molecule has 4 rings (SSSR count). The monoisotopic (exact) mass is 490 g/mol. The van der Waals surface area contributed by atoms with Crippen LogP contribution < -0.4 is 9.88 Å². The van der Waals surface area contributed by atoms with E-state index in [1.165, 1.54) is 12.1 Å². The maximum Gasteiger partial charge on any atom is 0.238 e. The Kier molecular flexibility index (Phi) is 5.80. The largest absolute Gasteiger partial charge is 0.484 e. The van der Waals surface area contributed by atoms with Crippen LogP contribution in [0.15, 0.2) is 41.3 Å². The predicted octanol–water partition coefficient (Wildman–Crippen LogP) is 2.42. The van der Waals surface area contributed by atoms with Crippen LogP contribution in [-0.2, 0) is 26.3 Å². The van der Waals surface area contributed by atoms with Crippen molar-refractivity contribution in [2.45, 2.75) is 23.5 Å². The number of benzene rings is 2. The van der Waals surface area contributed by atoms with Crippen LogP contribution in [0.3, 0.4) is 0 Å². The second-order valence-electron chi connectivity index (χ2n) is 7.47. The Labute approximate surface area is 185 Å². The van der Waals surface area contributed by atoms with E-state index in [0.717, 1.165) is 11.1 Å². The maximum absolute atomic E-state index is 11.9. The fourth-order valence-electron chi connectivity index (χ4n) is 3.99. The van der Waals surface area contributed by atoms with Crippen molar-refractivity contribution in [2.24, 2.45) is 5.14 Å². The normalized spacial score (nSPS) is 23.8. The second kappa shape index (κ2) is 7.96. The summed E-state index contributed by atoms with van der Waals surface area (Å²) in [5, 5.41) is 6.18. The lowest BCUT2D eigenvalue weighted by atomic mass is 10.1. The molecule has 0 amide bonds. The van der Waals surface area contributed by atoms with Gasteiger partial charge in [-0.05, 0) is 48.4 Å². The van der Waals surface area contributed by atoms with Crippen LogP contribution in [0, 0.1) is 0 Å². The molecule has 0 saturated carbocycles. The summed E-state index contributed by atoms with van der Waals surface area (Å²) in [4.78, 5) is 2.10. The summed E-state index contributed by atoms with van der Waals surface area (Å²) >= 11 is 12.7. The Hall–Kier alpha value is -1.36. The van der Waals surface area contributed by atoms with E-state index in [0.29, 0.717) is 35.3 Å². The molecule has 1 aliphatic heterocycles. The summed E-state index contributed by atoms with van der Waals surface area (Å²) in [7, 11) is -6.82. The first-order valence-electron chi connectivity index (χ1n) is 9.25. The lowest BCUT2D eigenvalue weighted by Gasteiger charge is -2.35. The van der Waals surface area contributed by atoms with Crippen molar-refractivity contribution in [3.63, 3.8) is 0 Å². The Morgan fingerprint density at radius 3 is 2.30 bits per heavy atom. The van der Waals surface area contributed by atoms with Crippen molar-refractivity contribution in [1.29, 1.82) is 0 Å². The zero-order valence-electron chi connectivity index (χ0n) is 15.8. The molecule has 1 fully saturated rings. The molecule has 162 valence electrons. The Morgan fingerprint density at radius 2 is 1.70 bits per heavy atom. The van der Waals surface area contributed by atoms with E-state index in [2.05, 4.69) is 4.90 Å². The molecule has 1 aliphatic carbocycles. The first kappa shape index (κ1) is 21.9. The standard InChI is InChI=1S/C19H20Cl2N2O5S2/c20-12-9-16-15(17(21)10-12)11-18(23-5-7-29(24,25)8-6-23)19(16)28-13-1-3-14(4-2-13)30(22,26)27/h1-4,9-10,18-19H,5-8,11H2,(H2,22,26,27)/t18-,19+/m1/s1. The molecule has 0 unspecified atom stereocenters. The molecule has 2 aliphatic rings. The summed E-state index contributed by atoms with van der Waals surface area (Å²) in [5.41, 5.74) is 1.77. The number of hydrogen-bond acceptors (Lipinski definition) is 6. The molecule has 30 heavy (non-hydrogen) atoms. The molecule has 0 bridgehead atoms. The minimum absolute atomic E-state index is 0.00875. The molecule has 2 aromatic carbocycles. The molecule has 2 aromatic rings. The van der Waals surface area contributed by atoms with Gasteiger partial charge in [0.05, 0.1) is 22.4 Å². The first-order chi connectivity index (χ1) is 14.0. The third-order valence-corrected chi connectivity index (χ3v) is 8.62. The van der Waals surface area contributed by atoms with E-state index in [1.54, 1.807) is 18.2 Å². The molecule has 7 nitrogen and oxygen atoms in total. The number of hydrogen-bond donors (Lipinski definition) is 1. The zero-order valence-corrected chi connectivity index (χ0v) is 18.9. The zero-order chi connectivity index (χ0) is 21.7. The number of halogens is 2. The topological polar surface area (TPSA) is 107 Å². The van der Waals surface area contributed by atoms with E-state index in [4.69, 9.17) is 33.1 Å². The molecule has 2 atom stereocenters. The maximum atomic E-state index is 11.9. The van der Waals surface area contributed by atoms with Gasteiger partial charge in [0.25, 0.3) is 0 Å². The van der Waals surface area contributed by atoms with Gasteiger partial charge in [0.2, 0.25) is 10.0 Å². The number of ether oxygens (including phenoxy) is 1. The van der Waals surface area contributed by atoms with Crippen molar-refractivity contribution in [3.8, 4) is 5.75 Å². The minimum Gasteiger partial charge on any atom is -0.484 e. The van der Waals surface area contributed by atoms with Gasteiger partial charge in [-0.3, -0.25) is 4.90 Å². The van der Waals surface area contributed by atoms with Crippen molar-refractivity contribution in [1.82, 2.24) is 4.90 Å². The number of nitrogens with two attached hydrogens (primary N) is 1. The summed E-state index contributed by atoms with van der Waals surface area (Å²) in [6.45, 7) is 0.826. The van der Waals surface area contributed by atoms with Gasteiger partial charge in [0, 0.05) is 28.7 Å². The van der Waals surface area contributed by atoms with Crippen molar-refractivity contribution < 1.29 is 21.6 Å². The average Bonchev–Trinajstić information content (AvgIpc) is 3.00. The van der Waals surface area contributed by atoms with Gasteiger partial charge < -0.3 is 4.74 Å². The fourth-order valence-corrected chi connectivity index (χ4v) is 6.32. The van der Waals surface area contributed by atoms with Crippen LogP contribution in [0.4, 0.5) is 0 Å². The van der Waals surface area contributed by atoms with Gasteiger partial charge in [-0.25, -0.2) is 22.0 Å². The molecule has 1 saturated heterocycles. The Bertz CT molecular complexity index is 1170. The molecule has 1 heterocycles. The number of primary sulfonamides is 1. The molecular formula is C19H20Cl2N2O5S2. The highest BCUT2D eigenvalue weighted by Gasteiger charge is 2.41. The SMILES string of the molecule is NS(=O)(=O)c1ccc(O[C@H]2c3cc(Cl)cc(Cl)c3C[C@H]2N2CCS(=O)(=O)CC2)cc1. The van der Waals surface area contributed by atoms with Gasteiger partial charge in [0.15, 0.2) is 9.84 Å². The van der Waals surface area contributed by atoms with Crippen LogP contribution in [0.1, 0.15) is 17.2 Å². The summed E-state index contributed by atoms with van der Waals surface area (Å²) in [6.07, 6.45) is 0.169. The number of sulfonamides is 1. The van der Waals surface area contributed by atoms with Crippen LogP contribution in [-0.4, -0.2) is 52.4 Å². The Balaban J connectivity index is 1.66. The van der Waals surface area contributed by atoms with Crippen molar-refractivity contribution in [2.75, 3.05) is 24.6 Å². The molecule has 2 N–H and O–H groups in total. The average molecular weight is 491 g/mol. The number of rotatable bonds is 4. The lowest BCUT2D eigenvalue weighted by molar-refractivity contribution is 0.0835. The third-order valence-electron chi connectivity index (χ3n) is 5.53. The lowest BCUT2D eigenvalue weighted by Crippen LogP contribution is -2.48. The molecular weight excluding hydrogens is 471 g/mol. The second-order valence-corrected chi connectivity index (χ2v) is 12.2. The quantitative estimate of drug-likeness (QED) is 0.704. The Morgan fingerprint density at radius 1 is 1.07 bits per heavy atom. The highest BCUT2D eigenvalue weighted by atomic mass is 35.5. The third kappa shape index (κ3) is 4.46. The fraction of sp³-hybridized carbons (Fsp3) is 0.368. The highest BCUT2D eigenvalue weighted by Crippen LogP contribution is 2.43. The first-order valence-corrected chi connectivity index (χ1v) is 13.4.